The zero-order chi connectivity index (χ0) is 20.1. The van der Waals surface area contributed by atoms with E-state index in [1.165, 1.54) is 12.8 Å². The summed E-state index contributed by atoms with van der Waals surface area (Å²) in [4.78, 5) is 16.8. The molecule has 28 heavy (non-hydrogen) atoms. The summed E-state index contributed by atoms with van der Waals surface area (Å²) in [6.07, 6.45) is 8.33. The molecule has 1 aromatic rings. The van der Waals surface area contributed by atoms with Gasteiger partial charge in [0.1, 0.15) is 0 Å². The topological polar surface area (TPSA) is 35.5 Å². The lowest BCUT2D eigenvalue weighted by atomic mass is 10.1. The van der Waals surface area contributed by atoms with Gasteiger partial charge in [0.2, 0.25) is 5.95 Å². The second-order valence-corrected chi connectivity index (χ2v) is 9.17. The summed E-state index contributed by atoms with van der Waals surface area (Å²) in [5.41, 5.74) is 0.924. The number of anilines is 1. The maximum absolute atomic E-state index is 4.66. The van der Waals surface area contributed by atoms with Crippen LogP contribution in [0.4, 0.5) is 5.95 Å². The summed E-state index contributed by atoms with van der Waals surface area (Å²) >= 11 is 0. The van der Waals surface area contributed by atoms with E-state index in [1.54, 1.807) is 0 Å². The van der Waals surface area contributed by atoms with Crippen LogP contribution in [0.5, 0.6) is 0 Å². The molecule has 2 aliphatic heterocycles. The van der Waals surface area contributed by atoms with E-state index in [9.17, 15) is 0 Å². The standard InChI is InChI=1S/C23H37N5/c1-18(2)15-26(5)12-8-6-7-9-20-13-24-23(25-14-20)28-21-10-11-22(28)17-27(16-21)19(3)4/h13-14,18-19,21-22H,6,8,10-12,15-17H2,1-5H3. The molecule has 2 saturated heterocycles. The van der Waals surface area contributed by atoms with Crippen LogP contribution < -0.4 is 4.90 Å². The van der Waals surface area contributed by atoms with Crippen LogP contribution in [0.3, 0.4) is 0 Å². The lowest BCUT2D eigenvalue weighted by molar-refractivity contribution is 0.176. The molecule has 0 aromatic carbocycles. The molecule has 5 nitrogen and oxygen atoms in total. The molecule has 5 heteroatoms. The van der Waals surface area contributed by atoms with E-state index in [0.717, 1.165) is 56.5 Å². The number of likely N-dealkylation sites (tertiary alicyclic amines) is 1. The van der Waals surface area contributed by atoms with Crippen molar-refractivity contribution in [3.05, 3.63) is 18.0 Å². The van der Waals surface area contributed by atoms with Gasteiger partial charge in [-0.2, -0.15) is 0 Å². The van der Waals surface area contributed by atoms with Crippen molar-refractivity contribution >= 4 is 5.95 Å². The Bertz CT molecular complexity index is 658. The van der Waals surface area contributed by atoms with E-state index in [4.69, 9.17) is 0 Å². The highest BCUT2D eigenvalue weighted by Crippen LogP contribution is 2.33. The van der Waals surface area contributed by atoms with Gasteiger partial charge in [-0.05, 0) is 52.6 Å². The van der Waals surface area contributed by atoms with Gasteiger partial charge < -0.3 is 9.80 Å². The Balaban J connectivity index is 1.50. The second kappa shape index (κ2) is 9.71. The highest BCUT2D eigenvalue weighted by Gasteiger charge is 2.41. The van der Waals surface area contributed by atoms with E-state index in [-0.39, 0.29) is 0 Å². The van der Waals surface area contributed by atoms with Gasteiger partial charge in [0.15, 0.2) is 0 Å². The zero-order valence-electron chi connectivity index (χ0n) is 18.4. The molecule has 1 aromatic heterocycles. The Labute approximate surface area is 171 Å². The predicted octanol–water partition coefficient (Wildman–Crippen LogP) is 3.26. The summed E-state index contributed by atoms with van der Waals surface area (Å²) in [7, 11) is 2.19. The predicted molar refractivity (Wildman–Crippen MR) is 116 cm³/mol. The molecule has 2 bridgehead atoms. The van der Waals surface area contributed by atoms with E-state index >= 15 is 0 Å². The first-order valence-corrected chi connectivity index (χ1v) is 11.0. The molecule has 3 heterocycles. The quantitative estimate of drug-likeness (QED) is 0.533. The van der Waals surface area contributed by atoms with Crippen molar-refractivity contribution in [2.45, 2.75) is 71.5 Å². The Morgan fingerprint density at radius 1 is 1.11 bits per heavy atom. The van der Waals surface area contributed by atoms with Crippen molar-refractivity contribution < 1.29 is 0 Å². The average molecular weight is 384 g/mol. The fraction of sp³-hybridized carbons (Fsp3) is 0.739. The first-order chi connectivity index (χ1) is 13.4. The number of unbranched alkanes of at least 4 members (excludes halogenated alkanes) is 1. The minimum atomic E-state index is 0.556. The molecule has 0 amide bonds. The van der Waals surface area contributed by atoms with Crippen molar-refractivity contribution in [1.29, 1.82) is 0 Å². The van der Waals surface area contributed by atoms with Crippen LogP contribution in [0.15, 0.2) is 12.4 Å². The Morgan fingerprint density at radius 3 is 2.32 bits per heavy atom. The summed E-state index contributed by atoms with van der Waals surface area (Å²) in [6.45, 7) is 13.6. The first kappa shape index (κ1) is 21.1. The molecule has 0 N–H and O–H groups in total. The molecule has 2 atom stereocenters. The first-order valence-electron chi connectivity index (χ1n) is 11.0. The second-order valence-electron chi connectivity index (χ2n) is 9.17. The smallest absolute Gasteiger partial charge is 0.225 e. The third-order valence-corrected chi connectivity index (χ3v) is 5.86. The van der Waals surface area contributed by atoms with Gasteiger partial charge in [0.25, 0.3) is 0 Å². The zero-order valence-corrected chi connectivity index (χ0v) is 18.4. The van der Waals surface area contributed by atoms with Gasteiger partial charge in [-0.15, -0.1) is 0 Å². The van der Waals surface area contributed by atoms with Crippen LogP contribution in [0, 0.1) is 17.8 Å². The van der Waals surface area contributed by atoms with E-state index in [1.807, 2.05) is 12.4 Å². The molecule has 2 aliphatic rings. The third-order valence-electron chi connectivity index (χ3n) is 5.86. The van der Waals surface area contributed by atoms with Crippen molar-refractivity contribution in [1.82, 2.24) is 19.8 Å². The summed E-state index contributed by atoms with van der Waals surface area (Å²) in [6, 6.07) is 1.73. The summed E-state index contributed by atoms with van der Waals surface area (Å²) in [5, 5.41) is 0. The highest BCUT2D eigenvalue weighted by molar-refractivity contribution is 5.40. The highest BCUT2D eigenvalue weighted by atomic mass is 15.4. The Hall–Kier alpha value is -1.64. The van der Waals surface area contributed by atoms with E-state index in [2.05, 4.69) is 71.3 Å². The molecule has 0 radical (unpaired) electrons. The number of rotatable bonds is 7. The fourth-order valence-corrected chi connectivity index (χ4v) is 4.52. The molecule has 0 aliphatic carbocycles. The molecule has 3 rings (SSSR count). The van der Waals surface area contributed by atoms with Crippen LogP contribution in [0.2, 0.25) is 0 Å². The van der Waals surface area contributed by atoms with Gasteiger partial charge in [-0.3, -0.25) is 4.90 Å². The van der Waals surface area contributed by atoms with Crippen LogP contribution in [0.25, 0.3) is 0 Å². The molecule has 0 spiro atoms. The van der Waals surface area contributed by atoms with Crippen LogP contribution >= 0.6 is 0 Å². The van der Waals surface area contributed by atoms with Crippen molar-refractivity contribution in [2.75, 3.05) is 38.1 Å². The van der Waals surface area contributed by atoms with Crippen LogP contribution in [0.1, 0.15) is 58.9 Å². The average Bonchev–Trinajstić information content (AvgIpc) is 2.90. The number of hydrogen-bond acceptors (Lipinski definition) is 5. The van der Waals surface area contributed by atoms with E-state index < -0.39 is 0 Å². The lowest BCUT2D eigenvalue weighted by Gasteiger charge is -2.42. The maximum atomic E-state index is 4.66. The molecule has 154 valence electrons. The van der Waals surface area contributed by atoms with Crippen molar-refractivity contribution in [2.24, 2.45) is 5.92 Å². The van der Waals surface area contributed by atoms with Gasteiger partial charge >= 0.3 is 0 Å². The van der Waals surface area contributed by atoms with Gasteiger partial charge in [0, 0.05) is 56.6 Å². The van der Waals surface area contributed by atoms with Crippen LogP contribution in [-0.4, -0.2) is 71.1 Å². The normalized spacial score (nSPS) is 22.2. The molecular formula is C23H37N5. The number of nitrogens with zero attached hydrogens (tertiary/aromatic N) is 5. The fourth-order valence-electron chi connectivity index (χ4n) is 4.52. The molecule has 0 saturated carbocycles. The summed E-state index contributed by atoms with van der Waals surface area (Å²) < 4.78 is 0. The van der Waals surface area contributed by atoms with Gasteiger partial charge in [-0.1, -0.05) is 25.7 Å². The van der Waals surface area contributed by atoms with Crippen LogP contribution in [-0.2, 0) is 0 Å². The minimum Gasteiger partial charge on any atom is -0.332 e. The number of aromatic nitrogens is 2. The minimum absolute atomic E-state index is 0.556. The lowest BCUT2D eigenvalue weighted by Crippen LogP contribution is -2.56. The molecule has 2 unspecified atom stereocenters. The summed E-state index contributed by atoms with van der Waals surface area (Å²) in [5.74, 6) is 8.11. The monoisotopic (exact) mass is 383 g/mol. The van der Waals surface area contributed by atoms with Gasteiger partial charge in [-0.25, -0.2) is 9.97 Å². The van der Waals surface area contributed by atoms with Crippen molar-refractivity contribution in [3.63, 3.8) is 0 Å². The Kier molecular flexibility index (Phi) is 7.31. The third kappa shape index (κ3) is 5.46. The van der Waals surface area contributed by atoms with E-state index in [0.29, 0.717) is 18.1 Å². The molecule has 2 fully saturated rings. The number of piperazine rings is 1. The Morgan fingerprint density at radius 2 is 1.75 bits per heavy atom. The molecular weight excluding hydrogens is 346 g/mol. The van der Waals surface area contributed by atoms with Crippen molar-refractivity contribution in [3.8, 4) is 11.8 Å². The maximum Gasteiger partial charge on any atom is 0.225 e. The number of hydrogen-bond donors (Lipinski definition) is 0. The number of fused-ring (bicyclic) bond motifs is 2. The van der Waals surface area contributed by atoms with Gasteiger partial charge in [0.05, 0.1) is 5.56 Å². The SMILES string of the molecule is CC(C)CN(C)CCCC#Cc1cnc(N2C3CCC2CN(C(C)C)C3)nc1. The largest absolute Gasteiger partial charge is 0.332 e.